The summed E-state index contributed by atoms with van der Waals surface area (Å²) in [5.74, 6) is 0. The molecule has 1 heterocycles. The number of fused-ring (bicyclic) bond motifs is 1. The Morgan fingerprint density at radius 3 is 2.59 bits per heavy atom. The molecule has 0 saturated carbocycles. The van der Waals surface area contributed by atoms with Crippen molar-refractivity contribution in [3.05, 3.63) is 46.4 Å². The molecule has 90 valence electrons. The van der Waals surface area contributed by atoms with E-state index in [4.69, 9.17) is 0 Å². The normalized spacial score (nSPS) is 12.0. The molecule has 1 aromatic heterocycles. The van der Waals surface area contributed by atoms with Gasteiger partial charge in [-0.15, -0.1) is 0 Å². The van der Waals surface area contributed by atoms with Crippen LogP contribution in [0.1, 0.15) is 5.56 Å². The quantitative estimate of drug-likeness (QED) is 0.752. The van der Waals surface area contributed by atoms with Crippen LogP contribution in [0.2, 0.25) is 0 Å². The predicted molar refractivity (Wildman–Crippen MR) is 59.0 cm³/mol. The van der Waals surface area contributed by atoms with E-state index in [1.54, 1.807) is 19.1 Å². The summed E-state index contributed by atoms with van der Waals surface area (Å²) in [7, 11) is 0. The van der Waals surface area contributed by atoms with Gasteiger partial charge in [-0.1, -0.05) is 17.7 Å². The van der Waals surface area contributed by atoms with Gasteiger partial charge in [0, 0.05) is 11.6 Å². The van der Waals surface area contributed by atoms with E-state index >= 15 is 0 Å². The number of hydrogen-bond acceptors (Lipinski definition) is 1. The second-order valence-electron chi connectivity index (χ2n) is 3.95. The van der Waals surface area contributed by atoms with Crippen molar-refractivity contribution in [3.63, 3.8) is 0 Å². The summed E-state index contributed by atoms with van der Waals surface area (Å²) in [5.41, 5.74) is 0.239. The van der Waals surface area contributed by atoms with Gasteiger partial charge in [0.1, 0.15) is 6.54 Å². The highest BCUT2D eigenvalue weighted by Crippen LogP contribution is 2.18. The lowest BCUT2D eigenvalue weighted by Crippen LogP contribution is -2.27. The topological polar surface area (TPSA) is 22.0 Å². The summed E-state index contributed by atoms with van der Waals surface area (Å²) in [5, 5.41) is 0.968. The van der Waals surface area contributed by atoms with Crippen molar-refractivity contribution in [1.29, 1.82) is 0 Å². The number of pyridine rings is 1. The Balaban J connectivity index is 2.61. The number of aryl methyl sites for hydroxylation is 1. The van der Waals surface area contributed by atoms with E-state index in [2.05, 4.69) is 0 Å². The highest BCUT2D eigenvalue weighted by Gasteiger charge is 2.28. The zero-order valence-electron chi connectivity index (χ0n) is 9.08. The molecule has 0 aliphatic carbocycles. The van der Waals surface area contributed by atoms with Crippen LogP contribution in [-0.2, 0) is 6.54 Å². The number of halogens is 3. The molecule has 2 aromatic rings. The second kappa shape index (κ2) is 3.91. The van der Waals surface area contributed by atoms with Gasteiger partial charge in [0.05, 0.1) is 0 Å². The number of nitrogens with zero attached hydrogens (tertiary/aromatic N) is 1. The van der Waals surface area contributed by atoms with Crippen molar-refractivity contribution in [2.24, 2.45) is 0 Å². The largest absolute Gasteiger partial charge is 0.406 e. The average Bonchev–Trinajstić information content (AvgIpc) is 2.21. The van der Waals surface area contributed by atoms with Crippen LogP contribution < -0.4 is 5.56 Å². The highest BCUT2D eigenvalue weighted by molar-refractivity contribution is 5.81. The van der Waals surface area contributed by atoms with E-state index in [1.165, 1.54) is 12.3 Å². The van der Waals surface area contributed by atoms with E-state index in [0.717, 1.165) is 5.56 Å². The maximum Gasteiger partial charge on any atom is 0.406 e. The Labute approximate surface area is 95.3 Å². The van der Waals surface area contributed by atoms with Gasteiger partial charge in [0.15, 0.2) is 0 Å². The number of rotatable bonds is 1. The smallest absolute Gasteiger partial charge is 0.306 e. The monoisotopic (exact) mass is 241 g/mol. The molecule has 0 atom stereocenters. The van der Waals surface area contributed by atoms with E-state index in [-0.39, 0.29) is 0 Å². The lowest BCUT2D eigenvalue weighted by molar-refractivity contribution is -0.141. The van der Waals surface area contributed by atoms with Crippen LogP contribution in [0.5, 0.6) is 0 Å². The average molecular weight is 241 g/mol. The lowest BCUT2D eigenvalue weighted by atomic mass is 10.1. The molecule has 0 fully saturated rings. The SMILES string of the molecule is Cc1ccc2ccn(CC(F)(F)F)c(=O)c2c1. The molecule has 0 bridgehead atoms. The van der Waals surface area contributed by atoms with Gasteiger partial charge in [-0.2, -0.15) is 13.2 Å². The van der Waals surface area contributed by atoms with Gasteiger partial charge in [-0.05, 0) is 24.4 Å². The molecule has 0 N–H and O–H groups in total. The van der Waals surface area contributed by atoms with Crippen LogP contribution in [-0.4, -0.2) is 10.7 Å². The lowest BCUT2D eigenvalue weighted by Gasteiger charge is -2.10. The molecular weight excluding hydrogens is 231 g/mol. The first-order chi connectivity index (χ1) is 7.87. The van der Waals surface area contributed by atoms with Crippen LogP contribution in [0.3, 0.4) is 0 Å². The Bertz CT molecular complexity index is 613. The summed E-state index contributed by atoms with van der Waals surface area (Å²) < 4.78 is 37.4. The van der Waals surface area contributed by atoms with E-state index < -0.39 is 18.3 Å². The molecule has 0 radical (unpaired) electrons. The third-order valence-corrected chi connectivity index (χ3v) is 2.48. The van der Waals surface area contributed by atoms with Gasteiger partial charge < -0.3 is 4.57 Å². The number of hydrogen-bond donors (Lipinski definition) is 0. The van der Waals surface area contributed by atoms with E-state index in [9.17, 15) is 18.0 Å². The molecule has 0 saturated heterocycles. The van der Waals surface area contributed by atoms with Crippen LogP contribution >= 0.6 is 0 Å². The minimum Gasteiger partial charge on any atom is -0.306 e. The summed E-state index contributed by atoms with van der Waals surface area (Å²) in [6, 6.07) is 6.66. The van der Waals surface area contributed by atoms with Crippen molar-refractivity contribution >= 4 is 10.8 Å². The van der Waals surface area contributed by atoms with Crippen LogP contribution in [0.25, 0.3) is 10.8 Å². The minimum atomic E-state index is -4.39. The molecule has 0 aliphatic heterocycles. The molecule has 1 aromatic carbocycles. The van der Waals surface area contributed by atoms with Crippen molar-refractivity contribution < 1.29 is 13.2 Å². The molecule has 2 nitrogen and oxygen atoms in total. The van der Waals surface area contributed by atoms with E-state index in [0.29, 0.717) is 15.3 Å². The third kappa shape index (κ3) is 2.49. The van der Waals surface area contributed by atoms with Gasteiger partial charge in [0.2, 0.25) is 0 Å². The molecule has 0 aliphatic rings. The summed E-state index contributed by atoms with van der Waals surface area (Å²) in [4.78, 5) is 11.8. The molecule has 0 unspecified atom stereocenters. The van der Waals surface area contributed by atoms with Crippen molar-refractivity contribution in [3.8, 4) is 0 Å². The summed E-state index contributed by atoms with van der Waals surface area (Å²) in [6.45, 7) is 0.537. The van der Waals surface area contributed by atoms with Gasteiger partial charge >= 0.3 is 6.18 Å². The highest BCUT2D eigenvalue weighted by atomic mass is 19.4. The predicted octanol–water partition coefficient (Wildman–Crippen LogP) is 2.87. The maximum atomic E-state index is 12.2. The van der Waals surface area contributed by atoms with Crippen molar-refractivity contribution in [2.45, 2.75) is 19.6 Å². The molecule has 0 spiro atoms. The second-order valence-corrected chi connectivity index (χ2v) is 3.95. The van der Waals surface area contributed by atoms with Crippen molar-refractivity contribution in [1.82, 2.24) is 4.57 Å². The molecular formula is C12H10F3NO. The molecule has 0 amide bonds. The Morgan fingerprint density at radius 2 is 1.94 bits per heavy atom. The Morgan fingerprint density at radius 1 is 1.24 bits per heavy atom. The van der Waals surface area contributed by atoms with Crippen LogP contribution in [0, 0.1) is 6.92 Å². The Kier molecular flexibility index (Phi) is 2.69. The van der Waals surface area contributed by atoms with Gasteiger partial charge in [-0.3, -0.25) is 4.79 Å². The minimum absolute atomic E-state index is 0.316. The fourth-order valence-electron chi connectivity index (χ4n) is 1.71. The number of aromatic nitrogens is 1. The summed E-state index contributed by atoms with van der Waals surface area (Å²) in [6.07, 6.45) is -3.21. The molecule has 17 heavy (non-hydrogen) atoms. The number of benzene rings is 1. The fraction of sp³-hybridized carbons (Fsp3) is 0.250. The fourth-order valence-corrected chi connectivity index (χ4v) is 1.71. The summed E-state index contributed by atoms with van der Waals surface area (Å²) >= 11 is 0. The van der Waals surface area contributed by atoms with Gasteiger partial charge in [-0.25, -0.2) is 0 Å². The number of alkyl halides is 3. The Hall–Kier alpha value is -1.78. The molecule has 5 heteroatoms. The first kappa shape index (κ1) is 11.7. The van der Waals surface area contributed by atoms with Gasteiger partial charge in [0.25, 0.3) is 5.56 Å². The maximum absolute atomic E-state index is 12.2. The zero-order chi connectivity index (χ0) is 12.6. The standard InChI is InChI=1S/C12H10F3NO/c1-8-2-3-9-4-5-16(7-12(13,14)15)11(17)10(9)6-8/h2-6H,7H2,1H3. The van der Waals surface area contributed by atoms with Crippen molar-refractivity contribution in [2.75, 3.05) is 0 Å². The third-order valence-electron chi connectivity index (χ3n) is 2.48. The van der Waals surface area contributed by atoms with Crippen LogP contribution in [0.15, 0.2) is 35.3 Å². The first-order valence-electron chi connectivity index (χ1n) is 5.03. The van der Waals surface area contributed by atoms with Crippen LogP contribution in [0.4, 0.5) is 13.2 Å². The first-order valence-corrected chi connectivity index (χ1v) is 5.03. The molecule has 2 rings (SSSR count). The van der Waals surface area contributed by atoms with E-state index in [1.807, 2.05) is 6.07 Å². The zero-order valence-corrected chi connectivity index (χ0v) is 9.08.